The van der Waals surface area contributed by atoms with Gasteiger partial charge in [0, 0.05) is 5.69 Å². The average Bonchev–Trinajstić information content (AvgIpc) is 2.90. The lowest BCUT2D eigenvalue weighted by Gasteiger charge is -2.15. The molecule has 5 heteroatoms. The molecule has 5 nitrogen and oxygen atoms in total. The van der Waals surface area contributed by atoms with E-state index in [1.165, 1.54) is 5.56 Å². The molecule has 0 spiro atoms. The van der Waals surface area contributed by atoms with Gasteiger partial charge in [0.25, 0.3) is 0 Å². The number of anilines is 1. The quantitative estimate of drug-likeness (QED) is 0.763. The molecule has 0 aliphatic heterocycles. The summed E-state index contributed by atoms with van der Waals surface area (Å²) in [6.45, 7) is 7.78. The van der Waals surface area contributed by atoms with E-state index < -0.39 is 6.10 Å². The van der Waals surface area contributed by atoms with Crippen LogP contribution in [0.1, 0.15) is 35.5 Å². The van der Waals surface area contributed by atoms with E-state index in [0.717, 1.165) is 27.8 Å². The molecule has 1 atom stereocenters. The molecule has 0 saturated heterocycles. The summed E-state index contributed by atoms with van der Waals surface area (Å²) in [6.07, 6.45) is -0.747. The van der Waals surface area contributed by atoms with E-state index >= 15 is 0 Å². The number of nitrogens with zero attached hydrogens (tertiary/aromatic N) is 2. The van der Waals surface area contributed by atoms with Crippen LogP contribution in [-0.4, -0.2) is 20.6 Å². The molecule has 0 fully saturated rings. The summed E-state index contributed by atoms with van der Waals surface area (Å²) in [4.78, 5) is 17.1. The van der Waals surface area contributed by atoms with Crippen molar-refractivity contribution in [3.05, 3.63) is 58.9 Å². The van der Waals surface area contributed by atoms with Gasteiger partial charge in [0.15, 0.2) is 0 Å². The summed E-state index contributed by atoms with van der Waals surface area (Å²) in [5.74, 6) is 0.355. The predicted octanol–water partition coefficient (Wildman–Crippen LogP) is 3.65. The van der Waals surface area contributed by atoms with E-state index in [9.17, 15) is 9.90 Å². The zero-order valence-corrected chi connectivity index (χ0v) is 15.0. The third kappa shape index (κ3) is 3.42. The molecule has 0 aliphatic carbocycles. The fraction of sp³-hybridized carbons (Fsp3) is 0.300. The first-order valence-electron chi connectivity index (χ1n) is 8.37. The highest BCUT2D eigenvalue weighted by Crippen LogP contribution is 2.23. The van der Waals surface area contributed by atoms with Crippen LogP contribution in [0, 0.1) is 20.8 Å². The van der Waals surface area contributed by atoms with Gasteiger partial charge in [-0.3, -0.25) is 4.79 Å². The van der Waals surface area contributed by atoms with E-state index in [4.69, 9.17) is 0 Å². The van der Waals surface area contributed by atoms with Crippen LogP contribution in [-0.2, 0) is 11.3 Å². The Labute approximate surface area is 147 Å². The number of carbonyl (C=O) groups is 1. The number of para-hydroxylation sites is 2. The summed E-state index contributed by atoms with van der Waals surface area (Å²) < 4.78 is 1.77. The molecule has 130 valence electrons. The molecule has 1 aromatic heterocycles. The number of carbonyl (C=O) groups excluding carboxylic acids is 1. The first-order chi connectivity index (χ1) is 11.9. The smallest absolute Gasteiger partial charge is 0.244 e. The number of rotatable bonds is 4. The van der Waals surface area contributed by atoms with E-state index in [2.05, 4.69) is 22.4 Å². The molecule has 0 saturated carbocycles. The number of hydrogen-bond acceptors (Lipinski definition) is 3. The Hall–Kier alpha value is -2.66. The van der Waals surface area contributed by atoms with Gasteiger partial charge in [0.1, 0.15) is 18.5 Å². The number of aliphatic hydroxyl groups excluding tert-OH is 1. The second-order valence-electron chi connectivity index (χ2n) is 6.54. The first-order valence-corrected chi connectivity index (χ1v) is 8.37. The van der Waals surface area contributed by atoms with Gasteiger partial charge in [0.05, 0.1) is 11.0 Å². The number of aromatic nitrogens is 2. The van der Waals surface area contributed by atoms with Crippen molar-refractivity contribution in [3.63, 3.8) is 0 Å². The molecule has 1 amide bonds. The number of aliphatic hydroxyl groups is 1. The Bertz CT molecular complexity index is 918. The zero-order chi connectivity index (χ0) is 18.1. The maximum atomic E-state index is 12.6. The van der Waals surface area contributed by atoms with Crippen LogP contribution in [0.2, 0.25) is 0 Å². The van der Waals surface area contributed by atoms with Crippen LogP contribution in [0.3, 0.4) is 0 Å². The number of nitrogens with one attached hydrogen (secondary N) is 1. The first kappa shape index (κ1) is 17.2. The molecule has 0 bridgehead atoms. The summed E-state index contributed by atoms with van der Waals surface area (Å²) >= 11 is 0. The Morgan fingerprint density at radius 2 is 1.84 bits per heavy atom. The van der Waals surface area contributed by atoms with E-state index in [1.807, 2.05) is 45.0 Å². The fourth-order valence-corrected chi connectivity index (χ4v) is 3.28. The van der Waals surface area contributed by atoms with Crippen LogP contribution < -0.4 is 5.32 Å². The third-order valence-electron chi connectivity index (χ3n) is 4.30. The summed E-state index contributed by atoms with van der Waals surface area (Å²) in [5, 5.41) is 13.0. The van der Waals surface area contributed by atoms with Gasteiger partial charge >= 0.3 is 0 Å². The van der Waals surface area contributed by atoms with E-state index in [-0.39, 0.29) is 12.5 Å². The van der Waals surface area contributed by atoms with Crippen molar-refractivity contribution in [2.75, 3.05) is 5.32 Å². The molecule has 3 aromatic rings. The van der Waals surface area contributed by atoms with Crippen molar-refractivity contribution in [2.45, 2.75) is 40.3 Å². The Balaban J connectivity index is 1.91. The second kappa shape index (κ2) is 6.69. The topological polar surface area (TPSA) is 67.2 Å². The van der Waals surface area contributed by atoms with Gasteiger partial charge in [-0.25, -0.2) is 4.98 Å². The van der Waals surface area contributed by atoms with Crippen LogP contribution in [0.4, 0.5) is 5.69 Å². The highest BCUT2D eigenvalue weighted by atomic mass is 16.3. The van der Waals surface area contributed by atoms with Crippen molar-refractivity contribution >= 4 is 22.6 Å². The lowest BCUT2D eigenvalue weighted by molar-refractivity contribution is -0.116. The highest BCUT2D eigenvalue weighted by molar-refractivity contribution is 5.93. The number of amides is 1. The fourth-order valence-electron chi connectivity index (χ4n) is 3.28. The van der Waals surface area contributed by atoms with Gasteiger partial charge in [-0.05, 0) is 51.0 Å². The molecule has 0 radical (unpaired) electrons. The zero-order valence-electron chi connectivity index (χ0n) is 15.0. The van der Waals surface area contributed by atoms with E-state index in [1.54, 1.807) is 11.5 Å². The minimum Gasteiger partial charge on any atom is -0.385 e. The monoisotopic (exact) mass is 337 g/mol. The minimum absolute atomic E-state index is 0.105. The Morgan fingerprint density at radius 3 is 2.48 bits per heavy atom. The molecule has 2 aromatic carbocycles. The largest absolute Gasteiger partial charge is 0.385 e. The number of imidazole rings is 1. The molecule has 25 heavy (non-hydrogen) atoms. The van der Waals surface area contributed by atoms with Crippen molar-refractivity contribution < 1.29 is 9.90 Å². The van der Waals surface area contributed by atoms with Crippen molar-refractivity contribution in [1.82, 2.24) is 9.55 Å². The highest BCUT2D eigenvalue weighted by Gasteiger charge is 2.17. The lowest BCUT2D eigenvalue weighted by atomic mass is 10.1. The number of aryl methyl sites for hydroxylation is 3. The summed E-state index contributed by atoms with van der Waals surface area (Å²) in [5.41, 5.74) is 5.71. The van der Waals surface area contributed by atoms with Crippen molar-refractivity contribution in [2.24, 2.45) is 0 Å². The van der Waals surface area contributed by atoms with Crippen LogP contribution >= 0.6 is 0 Å². The number of fused-ring (bicyclic) bond motifs is 1. The van der Waals surface area contributed by atoms with Crippen molar-refractivity contribution in [1.29, 1.82) is 0 Å². The summed E-state index contributed by atoms with van der Waals surface area (Å²) in [6, 6.07) is 11.7. The van der Waals surface area contributed by atoms with Gasteiger partial charge in [-0.2, -0.15) is 0 Å². The Kier molecular flexibility index (Phi) is 4.59. The lowest BCUT2D eigenvalue weighted by Crippen LogP contribution is -2.21. The molecule has 1 heterocycles. The van der Waals surface area contributed by atoms with Crippen LogP contribution in [0.15, 0.2) is 36.4 Å². The second-order valence-corrected chi connectivity index (χ2v) is 6.54. The standard InChI is InChI=1S/C20H23N3O2/c1-12-9-13(2)19(14(3)10-12)22-18(25)11-23-17-8-6-5-7-16(17)21-20(23)15(4)24/h5-10,15,24H,11H2,1-4H3,(H,22,25). The Morgan fingerprint density at radius 1 is 1.20 bits per heavy atom. The SMILES string of the molecule is Cc1cc(C)c(NC(=O)Cn2c(C(C)O)nc3ccccc32)c(C)c1. The van der Waals surface area contributed by atoms with Crippen molar-refractivity contribution in [3.8, 4) is 0 Å². The average molecular weight is 337 g/mol. The minimum atomic E-state index is -0.747. The van der Waals surface area contributed by atoms with Gasteiger partial charge in [-0.15, -0.1) is 0 Å². The maximum absolute atomic E-state index is 12.6. The maximum Gasteiger partial charge on any atom is 0.244 e. The molecular weight excluding hydrogens is 314 g/mol. The van der Waals surface area contributed by atoms with Crippen LogP contribution in [0.25, 0.3) is 11.0 Å². The van der Waals surface area contributed by atoms with E-state index in [0.29, 0.717) is 5.82 Å². The summed E-state index contributed by atoms with van der Waals surface area (Å²) in [7, 11) is 0. The normalized spacial score (nSPS) is 12.4. The van der Waals surface area contributed by atoms with Crippen LogP contribution in [0.5, 0.6) is 0 Å². The van der Waals surface area contributed by atoms with Gasteiger partial charge < -0.3 is 15.0 Å². The molecule has 3 rings (SSSR count). The number of hydrogen-bond donors (Lipinski definition) is 2. The predicted molar refractivity (Wildman–Crippen MR) is 99.6 cm³/mol. The third-order valence-corrected chi connectivity index (χ3v) is 4.30. The number of benzene rings is 2. The van der Waals surface area contributed by atoms with Gasteiger partial charge in [0.2, 0.25) is 5.91 Å². The molecule has 0 aliphatic rings. The van der Waals surface area contributed by atoms with Gasteiger partial charge in [-0.1, -0.05) is 29.8 Å². The molecular formula is C20H23N3O2. The molecule has 1 unspecified atom stereocenters. The molecule has 2 N–H and O–H groups in total.